The van der Waals surface area contributed by atoms with Crippen LogP contribution in [0.15, 0.2) is 41.9 Å². The van der Waals surface area contributed by atoms with Crippen molar-refractivity contribution in [3.05, 3.63) is 48.0 Å². The molecule has 2 N–H and O–H groups in total. The van der Waals surface area contributed by atoms with E-state index in [9.17, 15) is 0 Å². The van der Waals surface area contributed by atoms with E-state index in [1.807, 2.05) is 4.68 Å². The highest BCUT2D eigenvalue weighted by Gasteiger charge is 2.01. The van der Waals surface area contributed by atoms with E-state index in [-0.39, 0.29) is 24.0 Å². The van der Waals surface area contributed by atoms with Crippen LogP contribution in [0.4, 0.5) is 0 Å². The van der Waals surface area contributed by atoms with Crippen molar-refractivity contribution in [1.82, 2.24) is 25.4 Å². The van der Waals surface area contributed by atoms with Crippen molar-refractivity contribution < 1.29 is 0 Å². The van der Waals surface area contributed by atoms with E-state index in [2.05, 4.69) is 63.8 Å². The van der Waals surface area contributed by atoms with Gasteiger partial charge in [0.2, 0.25) is 0 Å². The van der Waals surface area contributed by atoms with Crippen molar-refractivity contribution in [2.24, 2.45) is 10.9 Å². The molecule has 0 spiro atoms. The summed E-state index contributed by atoms with van der Waals surface area (Å²) in [6.07, 6.45) is 4.41. The van der Waals surface area contributed by atoms with Gasteiger partial charge in [-0.3, -0.25) is 4.99 Å². The molecule has 1 aromatic heterocycles. The molecule has 0 saturated heterocycles. The number of halogens is 1. The molecule has 0 atom stereocenters. The summed E-state index contributed by atoms with van der Waals surface area (Å²) in [5, 5.41) is 10.8. The van der Waals surface area contributed by atoms with E-state index < -0.39 is 0 Å². The molecule has 0 aliphatic rings. The Hall–Kier alpha value is -1.64. The zero-order chi connectivity index (χ0) is 16.5. The molecule has 6 nitrogen and oxygen atoms in total. The summed E-state index contributed by atoms with van der Waals surface area (Å²) < 4.78 is 1.82. The predicted molar refractivity (Wildman–Crippen MR) is 109 cm³/mol. The molecule has 0 saturated carbocycles. The van der Waals surface area contributed by atoms with Crippen molar-refractivity contribution in [2.75, 3.05) is 13.6 Å². The lowest BCUT2D eigenvalue weighted by Gasteiger charge is -2.13. The van der Waals surface area contributed by atoms with Crippen molar-refractivity contribution in [3.63, 3.8) is 0 Å². The third-order valence-corrected chi connectivity index (χ3v) is 3.50. The minimum absolute atomic E-state index is 0. The van der Waals surface area contributed by atoms with Crippen LogP contribution in [0.1, 0.15) is 31.4 Å². The molecule has 1 heterocycles. The number of guanidine groups is 1. The number of hydrogen-bond donors (Lipinski definition) is 2. The summed E-state index contributed by atoms with van der Waals surface area (Å²) >= 11 is 0. The van der Waals surface area contributed by atoms with Crippen LogP contribution < -0.4 is 10.6 Å². The molecule has 0 fully saturated rings. The minimum atomic E-state index is 0. The fourth-order valence-electron chi connectivity index (χ4n) is 2.23. The molecule has 0 amide bonds. The molecule has 7 heteroatoms. The van der Waals surface area contributed by atoms with Gasteiger partial charge >= 0.3 is 0 Å². The van der Waals surface area contributed by atoms with Crippen molar-refractivity contribution in [1.29, 1.82) is 0 Å². The van der Waals surface area contributed by atoms with Crippen LogP contribution in [0, 0.1) is 5.92 Å². The lowest BCUT2D eigenvalue weighted by molar-refractivity contribution is 0.573. The van der Waals surface area contributed by atoms with Gasteiger partial charge in [0, 0.05) is 20.1 Å². The van der Waals surface area contributed by atoms with E-state index in [0.717, 1.165) is 32.0 Å². The maximum absolute atomic E-state index is 4.26. The first-order chi connectivity index (χ1) is 11.2. The van der Waals surface area contributed by atoms with Gasteiger partial charge < -0.3 is 10.6 Å². The smallest absolute Gasteiger partial charge is 0.191 e. The Balaban J connectivity index is 0.00000288. The van der Waals surface area contributed by atoms with Crippen LogP contribution in [-0.4, -0.2) is 34.3 Å². The van der Waals surface area contributed by atoms with Gasteiger partial charge in [-0.1, -0.05) is 38.1 Å². The SMILES string of the molecule is CN=C(NCCC(C)C)NCc1cccc(Cn2cncn2)c1.I. The Morgan fingerprint density at radius 3 is 2.71 bits per heavy atom. The van der Waals surface area contributed by atoms with E-state index in [4.69, 9.17) is 0 Å². The van der Waals surface area contributed by atoms with E-state index in [0.29, 0.717) is 5.92 Å². The summed E-state index contributed by atoms with van der Waals surface area (Å²) in [7, 11) is 1.80. The third-order valence-electron chi connectivity index (χ3n) is 3.50. The zero-order valence-corrected chi connectivity index (χ0v) is 16.9. The van der Waals surface area contributed by atoms with Gasteiger partial charge in [0.15, 0.2) is 5.96 Å². The van der Waals surface area contributed by atoms with Gasteiger partial charge in [0.1, 0.15) is 12.7 Å². The van der Waals surface area contributed by atoms with Gasteiger partial charge in [-0.25, -0.2) is 9.67 Å². The van der Waals surface area contributed by atoms with Crippen molar-refractivity contribution in [3.8, 4) is 0 Å². The van der Waals surface area contributed by atoms with Gasteiger partial charge in [-0.05, 0) is 23.5 Å². The topological polar surface area (TPSA) is 67.1 Å². The van der Waals surface area contributed by atoms with E-state index >= 15 is 0 Å². The first kappa shape index (κ1) is 20.4. The fourth-order valence-corrected chi connectivity index (χ4v) is 2.23. The first-order valence-electron chi connectivity index (χ1n) is 8.02. The molecular formula is C17H27IN6. The van der Waals surface area contributed by atoms with Crippen LogP contribution in [0.3, 0.4) is 0 Å². The summed E-state index contributed by atoms with van der Waals surface area (Å²) in [4.78, 5) is 8.22. The number of hydrogen-bond acceptors (Lipinski definition) is 3. The highest BCUT2D eigenvalue weighted by atomic mass is 127. The lowest BCUT2D eigenvalue weighted by atomic mass is 10.1. The third kappa shape index (κ3) is 7.29. The van der Waals surface area contributed by atoms with Crippen molar-refractivity contribution in [2.45, 2.75) is 33.4 Å². The van der Waals surface area contributed by atoms with Crippen LogP contribution in [-0.2, 0) is 13.1 Å². The second-order valence-corrected chi connectivity index (χ2v) is 5.95. The molecule has 0 aliphatic carbocycles. The average Bonchev–Trinajstić information content (AvgIpc) is 3.03. The molecule has 132 valence electrons. The Labute approximate surface area is 161 Å². The molecule has 2 rings (SSSR count). The van der Waals surface area contributed by atoms with Gasteiger partial charge in [0.25, 0.3) is 0 Å². The first-order valence-corrected chi connectivity index (χ1v) is 8.02. The molecular weight excluding hydrogens is 415 g/mol. The lowest BCUT2D eigenvalue weighted by Crippen LogP contribution is -2.37. The normalized spacial score (nSPS) is 11.2. The molecule has 1 aromatic carbocycles. The molecule has 0 unspecified atom stereocenters. The summed E-state index contributed by atoms with van der Waals surface area (Å²) in [5.74, 6) is 1.53. The van der Waals surface area contributed by atoms with Crippen LogP contribution in [0.25, 0.3) is 0 Å². The maximum Gasteiger partial charge on any atom is 0.191 e. The van der Waals surface area contributed by atoms with E-state index in [1.54, 1.807) is 19.7 Å². The minimum Gasteiger partial charge on any atom is -0.356 e. The van der Waals surface area contributed by atoms with Crippen molar-refractivity contribution >= 4 is 29.9 Å². The zero-order valence-electron chi connectivity index (χ0n) is 14.6. The molecule has 24 heavy (non-hydrogen) atoms. The number of nitrogens with zero attached hydrogens (tertiary/aromatic N) is 4. The summed E-state index contributed by atoms with van der Waals surface area (Å²) in [6.45, 7) is 6.85. The quantitative estimate of drug-likeness (QED) is 0.393. The van der Waals surface area contributed by atoms with Crippen LogP contribution in [0.2, 0.25) is 0 Å². The number of rotatable bonds is 7. The maximum atomic E-state index is 4.26. The van der Waals surface area contributed by atoms with Crippen LogP contribution >= 0.6 is 24.0 Å². The van der Waals surface area contributed by atoms with E-state index in [1.165, 1.54) is 11.1 Å². The monoisotopic (exact) mass is 442 g/mol. The summed E-state index contributed by atoms with van der Waals surface area (Å²) in [5.41, 5.74) is 2.42. The standard InChI is InChI=1S/C17H26N6.HI/c1-14(2)7-8-20-17(18-3)21-10-15-5-4-6-16(9-15)11-23-13-19-12-22-23;/h4-6,9,12-14H,7-8,10-11H2,1-3H3,(H2,18,20,21);1H. The van der Waals surface area contributed by atoms with Gasteiger partial charge in [-0.2, -0.15) is 5.10 Å². The van der Waals surface area contributed by atoms with Crippen LogP contribution in [0.5, 0.6) is 0 Å². The fraction of sp³-hybridized carbons (Fsp3) is 0.471. The Kier molecular flexibility index (Phi) is 9.36. The second kappa shape index (κ2) is 11.0. The number of benzene rings is 1. The average molecular weight is 442 g/mol. The number of aliphatic imine (C=N–C) groups is 1. The highest BCUT2D eigenvalue weighted by Crippen LogP contribution is 2.06. The molecule has 0 radical (unpaired) electrons. The Morgan fingerprint density at radius 1 is 1.25 bits per heavy atom. The second-order valence-electron chi connectivity index (χ2n) is 5.95. The summed E-state index contributed by atoms with van der Waals surface area (Å²) in [6, 6.07) is 8.45. The predicted octanol–water partition coefficient (Wildman–Crippen LogP) is 2.66. The molecule has 2 aromatic rings. The van der Waals surface area contributed by atoms with Gasteiger partial charge in [-0.15, -0.1) is 24.0 Å². The Bertz CT molecular complexity index is 609. The van der Waals surface area contributed by atoms with Gasteiger partial charge in [0.05, 0.1) is 6.54 Å². The number of aromatic nitrogens is 3. The number of nitrogens with one attached hydrogen (secondary N) is 2. The molecule has 0 aliphatic heterocycles. The highest BCUT2D eigenvalue weighted by molar-refractivity contribution is 14.0. The molecule has 0 bridgehead atoms. The largest absolute Gasteiger partial charge is 0.356 e. The Morgan fingerprint density at radius 2 is 2.04 bits per heavy atom.